The van der Waals surface area contributed by atoms with Crippen LogP contribution in [0.15, 0.2) is 10.8 Å². The maximum Gasteiger partial charge on any atom is 0.181 e. The molecule has 1 atom stereocenters. The highest BCUT2D eigenvalue weighted by Gasteiger charge is 2.18. The summed E-state index contributed by atoms with van der Waals surface area (Å²) < 4.78 is 5.35. The van der Waals surface area contributed by atoms with Gasteiger partial charge in [-0.2, -0.15) is 0 Å². The standard InChI is InChI=1S/C12H20ClNO/c1-9(6-12(2,3)4)5-11-10(7-13)14-8-15-11/h8-9H,5-7H2,1-4H3. The molecule has 1 heterocycles. The average Bonchev–Trinajstić information content (AvgIpc) is 2.48. The number of nitrogens with zero attached hydrogens (tertiary/aromatic N) is 1. The minimum absolute atomic E-state index is 0.362. The molecule has 0 amide bonds. The van der Waals surface area contributed by atoms with E-state index in [9.17, 15) is 0 Å². The van der Waals surface area contributed by atoms with E-state index in [0.29, 0.717) is 17.2 Å². The van der Waals surface area contributed by atoms with Crippen LogP contribution in [0.1, 0.15) is 45.6 Å². The molecule has 0 aromatic carbocycles. The number of aromatic nitrogens is 1. The summed E-state index contributed by atoms with van der Waals surface area (Å²) in [7, 11) is 0. The van der Waals surface area contributed by atoms with Crippen LogP contribution in [0.3, 0.4) is 0 Å². The van der Waals surface area contributed by atoms with Gasteiger partial charge in [0.05, 0.1) is 11.6 Å². The third-order valence-corrected chi connectivity index (χ3v) is 2.60. The van der Waals surface area contributed by atoms with Crippen molar-refractivity contribution >= 4 is 11.6 Å². The summed E-state index contributed by atoms with van der Waals surface area (Å²) >= 11 is 5.77. The lowest BCUT2D eigenvalue weighted by atomic mass is 9.84. The van der Waals surface area contributed by atoms with Crippen LogP contribution in [-0.4, -0.2) is 4.98 Å². The van der Waals surface area contributed by atoms with E-state index in [1.807, 2.05) is 0 Å². The van der Waals surface area contributed by atoms with E-state index in [4.69, 9.17) is 16.0 Å². The van der Waals surface area contributed by atoms with Gasteiger partial charge < -0.3 is 4.42 Å². The van der Waals surface area contributed by atoms with Gasteiger partial charge in [0.25, 0.3) is 0 Å². The Balaban J connectivity index is 2.55. The fraction of sp³-hybridized carbons (Fsp3) is 0.750. The maximum absolute atomic E-state index is 5.77. The van der Waals surface area contributed by atoms with Crippen molar-refractivity contribution in [2.24, 2.45) is 11.3 Å². The van der Waals surface area contributed by atoms with Gasteiger partial charge in [-0.25, -0.2) is 4.98 Å². The minimum Gasteiger partial charge on any atom is -0.448 e. The highest BCUT2D eigenvalue weighted by Crippen LogP contribution is 2.27. The number of hydrogen-bond donors (Lipinski definition) is 0. The SMILES string of the molecule is CC(Cc1ocnc1CCl)CC(C)(C)C. The van der Waals surface area contributed by atoms with Gasteiger partial charge in [0.15, 0.2) is 6.39 Å². The summed E-state index contributed by atoms with van der Waals surface area (Å²) in [5, 5.41) is 0. The fourth-order valence-electron chi connectivity index (χ4n) is 2.00. The van der Waals surface area contributed by atoms with E-state index in [0.717, 1.165) is 17.9 Å². The first-order chi connectivity index (χ1) is 6.92. The van der Waals surface area contributed by atoms with Crippen LogP contribution in [0, 0.1) is 11.3 Å². The lowest BCUT2D eigenvalue weighted by molar-refractivity contribution is 0.295. The van der Waals surface area contributed by atoms with Crippen LogP contribution in [-0.2, 0) is 12.3 Å². The first-order valence-corrected chi connectivity index (χ1v) is 5.93. The van der Waals surface area contributed by atoms with Gasteiger partial charge in [-0.3, -0.25) is 0 Å². The van der Waals surface area contributed by atoms with Crippen molar-refractivity contribution in [3.63, 3.8) is 0 Å². The molecule has 1 unspecified atom stereocenters. The molecule has 0 radical (unpaired) electrons. The van der Waals surface area contributed by atoms with E-state index in [2.05, 4.69) is 32.7 Å². The molecule has 0 fully saturated rings. The molecule has 1 aromatic heterocycles. The van der Waals surface area contributed by atoms with Crippen molar-refractivity contribution in [3.8, 4) is 0 Å². The lowest BCUT2D eigenvalue weighted by Crippen LogP contribution is -2.13. The average molecular weight is 230 g/mol. The Hall–Kier alpha value is -0.500. The number of halogens is 1. The zero-order valence-corrected chi connectivity index (χ0v) is 10.8. The van der Waals surface area contributed by atoms with Gasteiger partial charge in [0.1, 0.15) is 5.76 Å². The molecule has 0 aliphatic heterocycles. The molecule has 0 N–H and O–H groups in total. The maximum atomic E-state index is 5.77. The molecule has 15 heavy (non-hydrogen) atoms. The zero-order valence-electron chi connectivity index (χ0n) is 10.0. The summed E-state index contributed by atoms with van der Waals surface area (Å²) in [5.41, 5.74) is 1.25. The molecular weight excluding hydrogens is 210 g/mol. The highest BCUT2D eigenvalue weighted by molar-refractivity contribution is 6.16. The zero-order chi connectivity index (χ0) is 11.5. The highest BCUT2D eigenvalue weighted by atomic mass is 35.5. The fourth-order valence-corrected chi connectivity index (χ4v) is 2.22. The van der Waals surface area contributed by atoms with E-state index < -0.39 is 0 Å². The summed E-state index contributed by atoms with van der Waals surface area (Å²) in [5.74, 6) is 1.98. The first kappa shape index (κ1) is 12.6. The van der Waals surface area contributed by atoms with Gasteiger partial charge in [-0.05, 0) is 17.8 Å². The Morgan fingerprint density at radius 1 is 1.47 bits per heavy atom. The van der Waals surface area contributed by atoms with Gasteiger partial charge in [-0.1, -0.05) is 27.7 Å². The molecule has 0 bridgehead atoms. The molecule has 3 heteroatoms. The monoisotopic (exact) mass is 229 g/mol. The number of alkyl halides is 1. The number of oxazole rings is 1. The van der Waals surface area contributed by atoms with Gasteiger partial charge in [-0.15, -0.1) is 11.6 Å². The molecule has 2 nitrogen and oxygen atoms in total. The van der Waals surface area contributed by atoms with E-state index in [1.165, 1.54) is 12.8 Å². The van der Waals surface area contributed by atoms with E-state index in [1.54, 1.807) is 0 Å². The lowest BCUT2D eigenvalue weighted by Gasteiger charge is -2.22. The normalized spacial score (nSPS) is 14.2. The van der Waals surface area contributed by atoms with Crippen LogP contribution in [0.2, 0.25) is 0 Å². The summed E-state index contributed by atoms with van der Waals surface area (Å²) in [6.45, 7) is 9.01. The predicted molar refractivity (Wildman–Crippen MR) is 63.0 cm³/mol. The molecule has 86 valence electrons. The van der Waals surface area contributed by atoms with Crippen molar-refractivity contribution < 1.29 is 4.42 Å². The Kier molecular flexibility index (Phi) is 4.21. The molecule has 0 spiro atoms. The topological polar surface area (TPSA) is 26.0 Å². The number of rotatable bonds is 4. The largest absolute Gasteiger partial charge is 0.448 e. The number of hydrogen-bond acceptors (Lipinski definition) is 2. The predicted octanol–water partition coefficient (Wildman–Crippen LogP) is 4.03. The molecule has 0 aliphatic carbocycles. The Bertz CT molecular complexity index is 301. The summed E-state index contributed by atoms with van der Waals surface area (Å²) in [6, 6.07) is 0. The van der Waals surface area contributed by atoms with Crippen molar-refractivity contribution in [3.05, 3.63) is 17.8 Å². The molecule has 0 saturated heterocycles. The third-order valence-electron chi connectivity index (χ3n) is 2.35. The van der Waals surface area contributed by atoms with Crippen molar-refractivity contribution in [1.29, 1.82) is 0 Å². The summed E-state index contributed by atoms with van der Waals surface area (Å²) in [4.78, 5) is 4.09. The molecule has 0 saturated carbocycles. The first-order valence-electron chi connectivity index (χ1n) is 5.39. The van der Waals surface area contributed by atoms with Crippen molar-refractivity contribution in [2.75, 3.05) is 0 Å². The van der Waals surface area contributed by atoms with Gasteiger partial charge in [0, 0.05) is 6.42 Å². The molecule has 1 rings (SSSR count). The smallest absolute Gasteiger partial charge is 0.181 e. The molecule has 1 aromatic rings. The molecule has 0 aliphatic rings. The molecular formula is C12H20ClNO. The Morgan fingerprint density at radius 3 is 2.67 bits per heavy atom. The van der Waals surface area contributed by atoms with Crippen LogP contribution in [0.25, 0.3) is 0 Å². The van der Waals surface area contributed by atoms with E-state index >= 15 is 0 Å². The van der Waals surface area contributed by atoms with Crippen LogP contribution >= 0.6 is 11.6 Å². The second kappa shape index (κ2) is 5.02. The Morgan fingerprint density at radius 2 is 2.13 bits per heavy atom. The van der Waals surface area contributed by atoms with Crippen LogP contribution < -0.4 is 0 Å². The van der Waals surface area contributed by atoms with Crippen molar-refractivity contribution in [2.45, 2.75) is 46.4 Å². The van der Waals surface area contributed by atoms with Gasteiger partial charge in [0.2, 0.25) is 0 Å². The van der Waals surface area contributed by atoms with Crippen LogP contribution in [0.4, 0.5) is 0 Å². The third kappa shape index (κ3) is 4.25. The minimum atomic E-state index is 0.362. The van der Waals surface area contributed by atoms with Crippen molar-refractivity contribution in [1.82, 2.24) is 4.98 Å². The second-order valence-electron chi connectivity index (χ2n) is 5.43. The van der Waals surface area contributed by atoms with Crippen LogP contribution in [0.5, 0.6) is 0 Å². The quantitative estimate of drug-likeness (QED) is 0.729. The summed E-state index contributed by atoms with van der Waals surface area (Å²) in [6.07, 6.45) is 3.59. The second-order valence-corrected chi connectivity index (χ2v) is 5.70. The van der Waals surface area contributed by atoms with E-state index in [-0.39, 0.29) is 0 Å². The van der Waals surface area contributed by atoms with Gasteiger partial charge >= 0.3 is 0 Å². The Labute approximate surface area is 97.0 Å².